The number of nitrogens with one attached hydrogen (secondary N) is 1. The van der Waals surface area contributed by atoms with Crippen LogP contribution >= 0.6 is 0 Å². The van der Waals surface area contributed by atoms with Crippen LogP contribution in [-0.2, 0) is 6.54 Å². The lowest BCUT2D eigenvalue weighted by Gasteiger charge is -2.11. The number of aryl methyl sites for hydroxylation is 2. The van der Waals surface area contributed by atoms with Gasteiger partial charge in [0.2, 0.25) is 0 Å². The summed E-state index contributed by atoms with van der Waals surface area (Å²) < 4.78 is 5.10. The first-order valence-corrected chi connectivity index (χ1v) is 5.07. The molecule has 76 valence electrons. The molecule has 0 saturated heterocycles. The van der Waals surface area contributed by atoms with Gasteiger partial charge in [-0.15, -0.1) is 0 Å². The van der Waals surface area contributed by atoms with Gasteiger partial charge in [-0.25, -0.2) is 0 Å². The van der Waals surface area contributed by atoms with Crippen molar-refractivity contribution in [2.24, 2.45) is 0 Å². The highest BCUT2D eigenvalue weighted by molar-refractivity contribution is 5.20. The highest BCUT2D eigenvalue weighted by Gasteiger charge is 2.12. The standard InChI is InChI=1S/C11H16N2O/c1-8-11(9(2)14-13-8)7-12-10-5-3-4-6-10/h3-4,10,12H,5-7H2,1-2H3. The SMILES string of the molecule is Cc1noc(C)c1CNC1CC=CC1. The van der Waals surface area contributed by atoms with Gasteiger partial charge in [0.1, 0.15) is 5.76 Å². The van der Waals surface area contributed by atoms with Crippen LogP contribution in [0.15, 0.2) is 16.7 Å². The summed E-state index contributed by atoms with van der Waals surface area (Å²) in [5.74, 6) is 0.931. The predicted molar refractivity (Wildman–Crippen MR) is 55.0 cm³/mol. The van der Waals surface area contributed by atoms with Crippen molar-refractivity contribution in [2.75, 3.05) is 0 Å². The van der Waals surface area contributed by atoms with Crippen LogP contribution in [0.1, 0.15) is 29.9 Å². The Bertz CT molecular complexity index is 314. The molecule has 0 fully saturated rings. The van der Waals surface area contributed by atoms with E-state index in [1.165, 1.54) is 5.56 Å². The Morgan fingerprint density at radius 3 is 2.71 bits per heavy atom. The molecule has 0 radical (unpaired) electrons. The van der Waals surface area contributed by atoms with Gasteiger partial charge in [-0.1, -0.05) is 17.3 Å². The first-order chi connectivity index (χ1) is 6.77. The summed E-state index contributed by atoms with van der Waals surface area (Å²) in [6.45, 7) is 4.82. The van der Waals surface area contributed by atoms with Crippen LogP contribution < -0.4 is 5.32 Å². The monoisotopic (exact) mass is 192 g/mol. The number of nitrogens with zero attached hydrogens (tertiary/aromatic N) is 1. The van der Waals surface area contributed by atoms with Crippen LogP contribution in [0.2, 0.25) is 0 Å². The van der Waals surface area contributed by atoms with Gasteiger partial charge < -0.3 is 9.84 Å². The third kappa shape index (κ3) is 1.87. The van der Waals surface area contributed by atoms with Gasteiger partial charge in [-0.3, -0.25) is 0 Å². The second-order valence-electron chi connectivity index (χ2n) is 3.82. The van der Waals surface area contributed by atoms with Gasteiger partial charge in [0.25, 0.3) is 0 Å². The molecular weight excluding hydrogens is 176 g/mol. The van der Waals surface area contributed by atoms with Crippen molar-refractivity contribution in [2.45, 2.75) is 39.3 Å². The Kier molecular flexibility index (Phi) is 2.68. The summed E-state index contributed by atoms with van der Waals surface area (Å²) in [6.07, 6.45) is 6.74. The Morgan fingerprint density at radius 1 is 1.43 bits per heavy atom. The number of aromatic nitrogens is 1. The zero-order valence-electron chi connectivity index (χ0n) is 8.71. The third-order valence-electron chi connectivity index (χ3n) is 2.76. The van der Waals surface area contributed by atoms with Crippen molar-refractivity contribution >= 4 is 0 Å². The zero-order chi connectivity index (χ0) is 9.97. The maximum Gasteiger partial charge on any atom is 0.138 e. The van der Waals surface area contributed by atoms with Gasteiger partial charge in [-0.2, -0.15) is 0 Å². The fraction of sp³-hybridized carbons (Fsp3) is 0.545. The second kappa shape index (κ2) is 3.96. The van der Waals surface area contributed by atoms with E-state index >= 15 is 0 Å². The van der Waals surface area contributed by atoms with Gasteiger partial charge in [0.05, 0.1) is 5.69 Å². The molecule has 0 spiro atoms. The van der Waals surface area contributed by atoms with Gasteiger partial charge in [-0.05, 0) is 26.7 Å². The van der Waals surface area contributed by atoms with E-state index < -0.39 is 0 Å². The molecular formula is C11H16N2O. The first-order valence-electron chi connectivity index (χ1n) is 5.07. The molecule has 14 heavy (non-hydrogen) atoms. The molecule has 0 saturated carbocycles. The Hall–Kier alpha value is -1.09. The lowest BCUT2D eigenvalue weighted by Crippen LogP contribution is -2.26. The molecule has 3 nitrogen and oxygen atoms in total. The first kappa shape index (κ1) is 9.46. The molecule has 0 atom stereocenters. The average molecular weight is 192 g/mol. The van der Waals surface area contributed by atoms with Crippen molar-refractivity contribution < 1.29 is 4.52 Å². The van der Waals surface area contributed by atoms with Crippen LogP contribution in [0, 0.1) is 13.8 Å². The minimum atomic E-state index is 0.601. The van der Waals surface area contributed by atoms with Crippen LogP contribution in [-0.4, -0.2) is 11.2 Å². The van der Waals surface area contributed by atoms with Crippen molar-refractivity contribution in [3.05, 3.63) is 29.2 Å². The molecule has 1 aliphatic rings. The molecule has 1 N–H and O–H groups in total. The fourth-order valence-corrected chi connectivity index (χ4v) is 1.78. The molecule has 0 aliphatic heterocycles. The van der Waals surface area contributed by atoms with E-state index in [2.05, 4.69) is 22.6 Å². The lowest BCUT2D eigenvalue weighted by atomic mass is 10.1. The van der Waals surface area contributed by atoms with E-state index in [0.717, 1.165) is 30.8 Å². The number of hydrogen-bond donors (Lipinski definition) is 1. The molecule has 0 aromatic carbocycles. The summed E-state index contributed by atoms with van der Waals surface area (Å²) in [5.41, 5.74) is 2.21. The van der Waals surface area contributed by atoms with Crippen molar-refractivity contribution in [1.82, 2.24) is 10.5 Å². The van der Waals surface area contributed by atoms with E-state index in [4.69, 9.17) is 4.52 Å². The predicted octanol–water partition coefficient (Wildman–Crippen LogP) is 2.10. The summed E-state index contributed by atoms with van der Waals surface area (Å²) in [5, 5.41) is 7.43. The quantitative estimate of drug-likeness (QED) is 0.745. The zero-order valence-corrected chi connectivity index (χ0v) is 8.71. The summed E-state index contributed by atoms with van der Waals surface area (Å²) >= 11 is 0. The second-order valence-corrected chi connectivity index (χ2v) is 3.82. The molecule has 0 amide bonds. The van der Waals surface area contributed by atoms with E-state index in [9.17, 15) is 0 Å². The molecule has 1 aromatic rings. The van der Waals surface area contributed by atoms with E-state index in [1.54, 1.807) is 0 Å². The van der Waals surface area contributed by atoms with Crippen LogP contribution in [0.4, 0.5) is 0 Å². The minimum absolute atomic E-state index is 0.601. The van der Waals surface area contributed by atoms with Crippen LogP contribution in [0.3, 0.4) is 0 Å². The Morgan fingerprint density at radius 2 is 2.14 bits per heavy atom. The largest absolute Gasteiger partial charge is 0.361 e. The van der Waals surface area contributed by atoms with E-state index in [0.29, 0.717) is 6.04 Å². The molecule has 0 unspecified atom stereocenters. The highest BCUT2D eigenvalue weighted by atomic mass is 16.5. The number of hydrogen-bond acceptors (Lipinski definition) is 3. The van der Waals surface area contributed by atoms with Crippen LogP contribution in [0.5, 0.6) is 0 Å². The molecule has 1 aromatic heterocycles. The van der Waals surface area contributed by atoms with Crippen molar-refractivity contribution in [1.29, 1.82) is 0 Å². The fourth-order valence-electron chi connectivity index (χ4n) is 1.78. The van der Waals surface area contributed by atoms with Gasteiger partial charge >= 0.3 is 0 Å². The maximum absolute atomic E-state index is 5.10. The van der Waals surface area contributed by atoms with Crippen molar-refractivity contribution in [3.8, 4) is 0 Å². The molecule has 1 heterocycles. The molecule has 3 heteroatoms. The normalized spacial score (nSPS) is 16.7. The maximum atomic E-state index is 5.10. The summed E-state index contributed by atoms with van der Waals surface area (Å²) in [4.78, 5) is 0. The molecule has 2 rings (SSSR count). The van der Waals surface area contributed by atoms with E-state index in [-0.39, 0.29) is 0 Å². The summed E-state index contributed by atoms with van der Waals surface area (Å²) in [6, 6.07) is 0.601. The van der Waals surface area contributed by atoms with Gasteiger partial charge in [0, 0.05) is 18.2 Å². The molecule has 1 aliphatic carbocycles. The summed E-state index contributed by atoms with van der Waals surface area (Å²) in [7, 11) is 0. The lowest BCUT2D eigenvalue weighted by molar-refractivity contribution is 0.391. The number of rotatable bonds is 3. The smallest absolute Gasteiger partial charge is 0.138 e. The third-order valence-corrected chi connectivity index (χ3v) is 2.76. The highest BCUT2D eigenvalue weighted by Crippen LogP contribution is 2.14. The Balaban J connectivity index is 1.91. The van der Waals surface area contributed by atoms with Crippen LogP contribution in [0.25, 0.3) is 0 Å². The van der Waals surface area contributed by atoms with E-state index in [1.807, 2.05) is 13.8 Å². The van der Waals surface area contributed by atoms with Gasteiger partial charge in [0.15, 0.2) is 0 Å². The molecule has 0 bridgehead atoms. The minimum Gasteiger partial charge on any atom is -0.361 e. The topological polar surface area (TPSA) is 38.1 Å². The van der Waals surface area contributed by atoms with Crippen molar-refractivity contribution in [3.63, 3.8) is 0 Å². The average Bonchev–Trinajstić information content (AvgIpc) is 2.76. The Labute approximate surface area is 84.2 Å².